The van der Waals surface area contributed by atoms with E-state index >= 15 is 0 Å². The molecular weight excluding hydrogens is 924 g/mol. The molecule has 0 aromatic rings. The second-order valence-corrected chi connectivity index (χ2v) is 19.0. The van der Waals surface area contributed by atoms with E-state index in [1.165, 1.54) is 93.3 Å². The minimum atomic E-state index is -4.79. The van der Waals surface area contributed by atoms with Gasteiger partial charge in [-0.1, -0.05) is 142 Å². The first-order valence-electron chi connectivity index (χ1n) is 25.2. The molecule has 0 aliphatic carbocycles. The van der Waals surface area contributed by atoms with Crippen molar-refractivity contribution in [3.8, 4) is 0 Å². The quantitative estimate of drug-likeness (QED) is 0.0220. The number of aliphatic carboxylic acids is 4. The summed E-state index contributed by atoms with van der Waals surface area (Å²) in [5.41, 5.74) is 0. The maximum Gasteiger partial charge on any atom is 0.472 e. The van der Waals surface area contributed by atoms with Gasteiger partial charge in [-0.15, -0.1) is 0 Å². The van der Waals surface area contributed by atoms with Gasteiger partial charge in [0.2, 0.25) is 5.91 Å². The summed E-state index contributed by atoms with van der Waals surface area (Å²) >= 11 is 0. The van der Waals surface area contributed by atoms with Gasteiger partial charge >= 0.3 is 43.6 Å². The number of rotatable bonds is 50. The first-order valence-corrected chi connectivity index (χ1v) is 26.7. The predicted octanol–water partition coefficient (Wildman–Crippen LogP) is 6.34. The van der Waals surface area contributed by atoms with Crippen molar-refractivity contribution in [2.75, 3.05) is 85.3 Å². The van der Waals surface area contributed by atoms with Crippen LogP contribution in [0.15, 0.2) is 0 Å². The normalized spacial score (nSPS) is 12.8. The van der Waals surface area contributed by atoms with Gasteiger partial charge < -0.3 is 40.1 Å². The third-order valence-corrected chi connectivity index (χ3v) is 12.1. The minimum absolute atomic E-state index is 0.0756. The van der Waals surface area contributed by atoms with E-state index in [-0.39, 0.29) is 45.6 Å². The van der Waals surface area contributed by atoms with Crippen molar-refractivity contribution in [1.29, 1.82) is 0 Å². The van der Waals surface area contributed by atoms with E-state index in [0.29, 0.717) is 12.8 Å². The molecule has 69 heavy (non-hydrogen) atoms. The zero-order valence-electron chi connectivity index (χ0n) is 41.7. The highest BCUT2D eigenvalue weighted by Crippen LogP contribution is 2.43. The van der Waals surface area contributed by atoms with E-state index < -0.39 is 108 Å². The van der Waals surface area contributed by atoms with Crippen LogP contribution in [-0.4, -0.2) is 173 Å². The second kappa shape index (κ2) is 43.1. The summed E-state index contributed by atoms with van der Waals surface area (Å²) in [6, 6.07) is 0. The Morgan fingerprint density at radius 2 is 0.841 bits per heavy atom. The van der Waals surface area contributed by atoms with Crippen molar-refractivity contribution in [3.63, 3.8) is 0 Å². The molecule has 0 saturated carbocycles. The predicted molar refractivity (Wildman–Crippen MR) is 258 cm³/mol. The molecule has 0 spiro atoms. The van der Waals surface area contributed by atoms with Crippen LogP contribution in [0.1, 0.15) is 168 Å². The topological polar surface area (TPSA) is 296 Å². The van der Waals surface area contributed by atoms with Crippen molar-refractivity contribution in [1.82, 2.24) is 20.0 Å². The van der Waals surface area contributed by atoms with Gasteiger partial charge in [0.25, 0.3) is 0 Å². The number of unbranched alkanes of at least 4 members (excludes halogenated alkanes) is 20. The standard InChI is InChI=1S/C47H87N4O17P/c1-3-5-7-9-11-13-15-17-19-21-23-25-46(61)65-38-40(68-47(62)26-24-22-20-18-16-14-12-10-8-6-4-2)39-67-69(63,64)66-32-27-48-41(52)33-50(35-43(55)56)30-28-49(34-42(53)54)29-31-51(36-44(57)58)37-45(59)60/h40H,3-39H2,1-2H3,(H,48,52)(H,53,54)(H,55,56)(H,57,58)(H,59,60)(H,63,64)/t40-/m1/s1. The second-order valence-electron chi connectivity index (χ2n) is 17.6. The summed E-state index contributed by atoms with van der Waals surface area (Å²) in [6.45, 7) is -0.700. The molecule has 1 unspecified atom stereocenters. The lowest BCUT2D eigenvalue weighted by atomic mass is 10.1. The molecule has 0 rings (SSSR count). The number of carboxylic acid groups (broad SMARTS) is 4. The van der Waals surface area contributed by atoms with Crippen molar-refractivity contribution < 1.29 is 82.0 Å². The number of carboxylic acids is 4. The van der Waals surface area contributed by atoms with Crippen LogP contribution in [0, 0.1) is 0 Å². The average molecular weight is 1010 g/mol. The summed E-state index contributed by atoms with van der Waals surface area (Å²) in [4.78, 5) is 97.4. The van der Waals surface area contributed by atoms with Crippen LogP contribution in [0.5, 0.6) is 0 Å². The number of carbonyl (C=O) groups excluding carboxylic acids is 3. The Bertz CT molecular complexity index is 1460. The van der Waals surface area contributed by atoms with Gasteiger partial charge in [-0.3, -0.25) is 57.3 Å². The molecule has 22 heteroatoms. The third kappa shape index (κ3) is 44.0. The third-order valence-electron chi connectivity index (χ3n) is 11.1. The first kappa shape index (κ1) is 65.3. The van der Waals surface area contributed by atoms with Crippen molar-refractivity contribution in [2.45, 2.75) is 174 Å². The van der Waals surface area contributed by atoms with Crippen LogP contribution in [0.4, 0.5) is 0 Å². The van der Waals surface area contributed by atoms with Crippen molar-refractivity contribution in [2.24, 2.45) is 0 Å². The van der Waals surface area contributed by atoms with Gasteiger partial charge in [0.05, 0.1) is 45.9 Å². The molecule has 21 nitrogen and oxygen atoms in total. The van der Waals surface area contributed by atoms with Gasteiger partial charge in [0.1, 0.15) is 6.61 Å². The zero-order chi connectivity index (χ0) is 51.5. The molecule has 0 bridgehead atoms. The molecule has 0 aliphatic rings. The summed E-state index contributed by atoms with van der Waals surface area (Å²) in [6.07, 6.45) is 23.6. The maximum atomic E-state index is 12.8. The van der Waals surface area contributed by atoms with E-state index in [2.05, 4.69) is 19.2 Å². The monoisotopic (exact) mass is 1010 g/mol. The number of nitrogens with one attached hydrogen (secondary N) is 1. The number of nitrogens with zero attached hydrogens (tertiary/aromatic N) is 3. The molecular formula is C47H87N4O17P. The number of amides is 1. The summed E-state index contributed by atoms with van der Waals surface area (Å²) < 4.78 is 33.8. The smallest absolute Gasteiger partial charge is 0.472 e. The number of phosphoric acid groups is 1. The Morgan fingerprint density at radius 3 is 1.26 bits per heavy atom. The molecule has 1 amide bonds. The summed E-state index contributed by atoms with van der Waals surface area (Å²) in [5, 5.41) is 39.4. The van der Waals surface area contributed by atoms with Crippen LogP contribution >= 0.6 is 7.82 Å². The highest BCUT2D eigenvalue weighted by molar-refractivity contribution is 7.47. The van der Waals surface area contributed by atoms with Gasteiger partial charge in [0.15, 0.2) is 6.10 Å². The Kier molecular flexibility index (Phi) is 40.8. The number of carbonyl (C=O) groups is 7. The molecule has 0 radical (unpaired) electrons. The van der Waals surface area contributed by atoms with E-state index in [9.17, 15) is 53.2 Å². The SMILES string of the molecule is CCCCCCCCCCCCCC(=O)OC[C@H](COP(=O)(O)OCCNC(=O)CN(CCN(CCN(CC(=O)O)CC(=O)O)CC(=O)O)CC(=O)O)OC(=O)CCCCCCCCCCCCC. The maximum absolute atomic E-state index is 12.8. The van der Waals surface area contributed by atoms with Gasteiger partial charge in [0, 0.05) is 45.6 Å². The Morgan fingerprint density at radius 1 is 0.478 bits per heavy atom. The molecule has 6 N–H and O–H groups in total. The van der Waals surface area contributed by atoms with Gasteiger partial charge in [-0.05, 0) is 12.8 Å². The number of hydrogen-bond acceptors (Lipinski definition) is 15. The average Bonchev–Trinajstić information content (AvgIpc) is 3.27. The van der Waals surface area contributed by atoms with Crippen LogP contribution in [0.2, 0.25) is 0 Å². The van der Waals surface area contributed by atoms with Crippen LogP contribution in [0.25, 0.3) is 0 Å². The Hall–Kier alpha value is -3.72. The summed E-state index contributed by atoms with van der Waals surface area (Å²) in [5.74, 6) is -6.86. The van der Waals surface area contributed by atoms with Crippen LogP contribution < -0.4 is 5.32 Å². The van der Waals surface area contributed by atoms with Crippen LogP contribution in [0.3, 0.4) is 0 Å². The molecule has 0 aromatic carbocycles. The molecule has 0 saturated heterocycles. The number of phosphoric ester groups is 1. The van der Waals surface area contributed by atoms with E-state index in [4.69, 9.17) is 28.7 Å². The van der Waals surface area contributed by atoms with E-state index in [1.807, 2.05) is 0 Å². The van der Waals surface area contributed by atoms with E-state index in [1.54, 1.807) is 0 Å². The zero-order valence-corrected chi connectivity index (χ0v) is 42.6. The Balaban J connectivity index is 5.11. The lowest BCUT2D eigenvalue weighted by Crippen LogP contribution is -2.46. The van der Waals surface area contributed by atoms with Crippen molar-refractivity contribution in [3.05, 3.63) is 0 Å². The number of esters is 2. The van der Waals surface area contributed by atoms with Gasteiger partial charge in [-0.25, -0.2) is 4.57 Å². The lowest BCUT2D eigenvalue weighted by molar-refractivity contribution is -0.161. The highest BCUT2D eigenvalue weighted by atomic mass is 31.2. The fraction of sp³-hybridized carbons (Fsp3) is 0.851. The molecule has 0 aliphatic heterocycles. The van der Waals surface area contributed by atoms with Gasteiger partial charge in [-0.2, -0.15) is 0 Å². The first-order chi connectivity index (χ1) is 33.0. The number of ether oxygens (including phenoxy) is 2. The number of hydrogen-bond donors (Lipinski definition) is 6. The molecule has 0 aromatic heterocycles. The largest absolute Gasteiger partial charge is 0.480 e. The minimum Gasteiger partial charge on any atom is -0.480 e. The van der Waals surface area contributed by atoms with Crippen LogP contribution in [-0.2, 0) is 56.6 Å². The Labute approximate surface area is 409 Å². The van der Waals surface area contributed by atoms with E-state index in [0.717, 1.165) is 49.8 Å². The molecule has 0 fully saturated rings. The van der Waals surface area contributed by atoms with Crippen molar-refractivity contribution >= 4 is 49.5 Å². The lowest BCUT2D eigenvalue weighted by Gasteiger charge is -2.27. The summed E-state index contributed by atoms with van der Waals surface area (Å²) in [7, 11) is -4.79. The highest BCUT2D eigenvalue weighted by Gasteiger charge is 2.27. The fourth-order valence-corrected chi connectivity index (χ4v) is 8.09. The molecule has 2 atom stereocenters. The fourth-order valence-electron chi connectivity index (χ4n) is 7.34. The molecule has 402 valence electrons. The molecule has 0 heterocycles.